The first-order valence-electron chi connectivity index (χ1n) is 10.2. The molecule has 0 saturated heterocycles. The summed E-state index contributed by atoms with van der Waals surface area (Å²) in [5, 5.41) is 4.59. The zero-order valence-electron chi connectivity index (χ0n) is 17.2. The van der Waals surface area contributed by atoms with Crippen LogP contribution in [0.1, 0.15) is 50.1 Å². The molecule has 0 saturated carbocycles. The molecule has 3 nitrogen and oxygen atoms in total. The summed E-state index contributed by atoms with van der Waals surface area (Å²) >= 11 is 0. The van der Waals surface area contributed by atoms with Gasteiger partial charge in [0.05, 0.1) is 23.7 Å². The van der Waals surface area contributed by atoms with Gasteiger partial charge in [0, 0.05) is 6.61 Å². The van der Waals surface area contributed by atoms with Crippen molar-refractivity contribution in [1.82, 2.24) is 9.78 Å². The molecule has 4 rings (SSSR count). The smallest absolute Gasteiger partial charge is 0.123 e. The molecule has 2 atom stereocenters. The van der Waals surface area contributed by atoms with Crippen LogP contribution < -0.4 is 0 Å². The predicted octanol–water partition coefficient (Wildman–Crippen LogP) is 6.15. The molecule has 2 aromatic carbocycles. The number of aromatic nitrogens is 2. The Morgan fingerprint density at radius 1 is 1.14 bits per heavy atom. The minimum absolute atomic E-state index is 0.0145. The molecule has 150 valence electrons. The number of ether oxygens (including phenoxy) is 1. The highest BCUT2D eigenvalue weighted by Gasteiger charge is 2.35. The van der Waals surface area contributed by atoms with Crippen molar-refractivity contribution in [2.24, 2.45) is 5.41 Å². The van der Waals surface area contributed by atoms with Crippen LogP contribution in [-0.2, 0) is 11.2 Å². The highest BCUT2D eigenvalue weighted by molar-refractivity contribution is 5.60. The van der Waals surface area contributed by atoms with Gasteiger partial charge in [-0.3, -0.25) is 0 Å². The number of hydrogen-bond donors (Lipinski definition) is 0. The van der Waals surface area contributed by atoms with Gasteiger partial charge < -0.3 is 4.74 Å². The Morgan fingerprint density at radius 2 is 1.86 bits per heavy atom. The summed E-state index contributed by atoms with van der Waals surface area (Å²) in [6.07, 6.45) is 6.04. The topological polar surface area (TPSA) is 27.1 Å². The third-order valence-corrected chi connectivity index (χ3v) is 6.02. The van der Waals surface area contributed by atoms with Crippen LogP contribution in [0.2, 0.25) is 0 Å². The predicted molar refractivity (Wildman–Crippen MR) is 114 cm³/mol. The molecule has 0 bridgehead atoms. The molecule has 1 aromatic heterocycles. The van der Waals surface area contributed by atoms with Gasteiger partial charge in [-0.05, 0) is 73.6 Å². The largest absolute Gasteiger partial charge is 0.374 e. The molecular formula is C25H27FN2O. The van der Waals surface area contributed by atoms with Gasteiger partial charge in [-0.1, -0.05) is 42.8 Å². The number of hydrogen-bond acceptors (Lipinski definition) is 2. The van der Waals surface area contributed by atoms with E-state index in [-0.39, 0.29) is 17.3 Å². The summed E-state index contributed by atoms with van der Waals surface area (Å²) in [4.78, 5) is 0. The van der Waals surface area contributed by atoms with Gasteiger partial charge in [-0.2, -0.15) is 5.10 Å². The summed E-state index contributed by atoms with van der Waals surface area (Å²) in [5.41, 5.74) is 5.69. The Morgan fingerprint density at radius 3 is 2.55 bits per heavy atom. The Balaban J connectivity index is 1.64. The van der Waals surface area contributed by atoms with Crippen molar-refractivity contribution >= 4 is 6.08 Å². The standard InChI is InChI=1S/C25H27FN2O/c1-4-29-24(19-8-6-5-7-9-19)16-25(3)15-20-17-27-28(23(20)14-18(25)2)22-12-10-21(26)11-13-22/h5-14,17,24H,4,15-16H2,1-3H3/t24?,25-/m1/s1. The number of fused-ring (bicyclic) bond motifs is 1. The first kappa shape index (κ1) is 19.6. The number of allylic oxidation sites excluding steroid dienone is 1. The highest BCUT2D eigenvalue weighted by atomic mass is 19.1. The van der Waals surface area contributed by atoms with E-state index in [1.807, 2.05) is 23.9 Å². The Kier molecular flexibility index (Phi) is 5.37. The molecule has 1 aliphatic carbocycles. The fraction of sp³-hybridized carbons (Fsp3) is 0.320. The van der Waals surface area contributed by atoms with Crippen LogP contribution in [-0.4, -0.2) is 16.4 Å². The molecule has 3 aromatic rings. The van der Waals surface area contributed by atoms with Gasteiger partial charge in [0.2, 0.25) is 0 Å². The molecule has 1 unspecified atom stereocenters. The molecule has 0 fully saturated rings. The van der Waals surface area contributed by atoms with Crippen molar-refractivity contribution in [2.45, 2.75) is 39.7 Å². The van der Waals surface area contributed by atoms with Gasteiger partial charge in [0.1, 0.15) is 5.82 Å². The first-order chi connectivity index (χ1) is 14.0. The molecule has 0 amide bonds. The minimum atomic E-state index is -0.239. The van der Waals surface area contributed by atoms with Crippen molar-refractivity contribution in [3.8, 4) is 5.69 Å². The van der Waals surface area contributed by atoms with Gasteiger partial charge in [-0.15, -0.1) is 0 Å². The van der Waals surface area contributed by atoms with E-state index in [0.717, 1.165) is 24.2 Å². The van der Waals surface area contributed by atoms with E-state index in [9.17, 15) is 4.39 Å². The normalized spacial score (nSPS) is 19.5. The summed E-state index contributed by atoms with van der Waals surface area (Å²) < 4.78 is 21.3. The van der Waals surface area contributed by atoms with Crippen molar-refractivity contribution in [2.75, 3.05) is 6.61 Å². The monoisotopic (exact) mass is 390 g/mol. The molecule has 1 heterocycles. The summed E-state index contributed by atoms with van der Waals surface area (Å²) in [6.45, 7) is 7.24. The average molecular weight is 391 g/mol. The lowest BCUT2D eigenvalue weighted by Crippen LogP contribution is -2.28. The van der Waals surface area contributed by atoms with E-state index in [1.54, 1.807) is 12.1 Å². The van der Waals surface area contributed by atoms with E-state index in [1.165, 1.54) is 28.8 Å². The number of benzene rings is 2. The van der Waals surface area contributed by atoms with Gasteiger partial charge in [0.15, 0.2) is 0 Å². The van der Waals surface area contributed by atoms with E-state index >= 15 is 0 Å². The molecule has 29 heavy (non-hydrogen) atoms. The zero-order chi connectivity index (χ0) is 20.4. The minimum Gasteiger partial charge on any atom is -0.374 e. The lowest BCUT2D eigenvalue weighted by molar-refractivity contribution is 0.0324. The van der Waals surface area contributed by atoms with E-state index in [0.29, 0.717) is 6.61 Å². The second-order valence-corrected chi connectivity index (χ2v) is 8.07. The molecule has 0 N–H and O–H groups in total. The maximum Gasteiger partial charge on any atom is 0.123 e. The quantitative estimate of drug-likeness (QED) is 0.505. The van der Waals surface area contributed by atoms with Crippen LogP contribution in [0.4, 0.5) is 4.39 Å². The zero-order valence-corrected chi connectivity index (χ0v) is 17.2. The van der Waals surface area contributed by atoms with Crippen molar-refractivity contribution in [3.63, 3.8) is 0 Å². The van der Waals surface area contributed by atoms with E-state index < -0.39 is 0 Å². The van der Waals surface area contributed by atoms with Crippen molar-refractivity contribution in [3.05, 3.63) is 89.0 Å². The lowest BCUT2D eigenvalue weighted by atomic mass is 9.70. The maximum atomic E-state index is 13.3. The Bertz CT molecular complexity index is 1010. The van der Waals surface area contributed by atoms with Crippen LogP contribution in [0.3, 0.4) is 0 Å². The van der Waals surface area contributed by atoms with Crippen LogP contribution >= 0.6 is 0 Å². The summed E-state index contributed by atoms with van der Waals surface area (Å²) in [6, 6.07) is 16.9. The van der Waals surface area contributed by atoms with Crippen LogP contribution in [0, 0.1) is 11.2 Å². The Labute approximate surface area is 171 Å². The SMILES string of the molecule is CCOC(C[C@@]1(C)Cc2cnn(-c3ccc(F)cc3)c2C=C1C)c1ccccc1. The maximum absolute atomic E-state index is 13.3. The van der Waals surface area contributed by atoms with Crippen molar-refractivity contribution in [1.29, 1.82) is 0 Å². The fourth-order valence-electron chi connectivity index (χ4n) is 4.19. The number of halogens is 1. The summed E-state index contributed by atoms with van der Waals surface area (Å²) in [5.74, 6) is -0.239. The molecule has 4 heteroatoms. The molecule has 0 spiro atoms. The molecule has 1 aliphatic rings. The van der Waals surface area contributed by atoms with Crippen LogP contribution in [0.15, 0.2) is 66.4 Å². The van der Waals surface area contributed by atoms with E-state index in [4.69, 9.17) is 4.74 Å². The summed E-state index contributed by atoms with van der Waals surface area (Å²) in [7, 11) is 0. The lowest BCUT2D eigenvalue weighted by Gasteiger charge is -2.37. The first-order valence-corrected chi connectivity index (χ1v) is 10.2. The number of nitrogens with zero attached hydrogens (tertiary/aromatic N) is 2. The molecule has 0 aliphatic heterocycles. The fourth-order valence-corrected chi connectivity index (χ4v) is 4.19. The average Bonchev–Trinajstić information content (AvgIpc) is 3.11. The van der Waals surface area contributed by atoms with E-state index in [2.05, 4.69) is 49.3 Å². The second-order valence-electron chi connectivity index (χ2n) is 8.07. The van der Waals surface area contributed by atoms with Gasteiger partial charge in [0.25, 0.3) is 0 Å². The number of rotatable bonds is 6. The molecular weight excluding hydrogens is 363 g/mol. The highest BCUT2D eigenvalue weighted by Crippen LogP contribution is 2.45. The third-order valence-electron chi connectivity index (χ3n) is 6.02. The second kappa shape index (κ2) is 7.96. The van der Waals surface area contributed by atoms with Gasteiger partial charge in [-0.25, -0.2) is 9.07 Å². The van der Waals surface area contributed by atoms with Crippen LogP contribution in [0.25, 0.3) is 11.8 Å². The van der Waals surface area contributed by atoms with Crippen molar-refractivity contribution < 1.29 is 9.13 Å². The van der Waals surface area contributed by atoms with Gasteiger partial charge >= 0.3 is 0 Å². The van der Waals surface area contributed by atoms with Crippen LogP contribution in [0.5, 0.6) is 0 Å². The third kappa shape index (κ3) is 3.90. The molecule has 0 radical (unpaired) electrons. The Hall–Kier alpha value is -2.72.